The van der Waals surface area contributed by atoms with Crippen molar-refractivity contribution in [3.05, 3.63) is 23.8 Å². The molecule has 0 radical (unpaired) electrons. The molecule has 1 unspecified atom stereocenters. The Morgan fingerprint density at radius 3 is 2.72 bits per heavy atom. The number of carbonyl (C=O) groups is 1. The number of hydrogen-bond acceptors (Lipinski definition) is 3. The van der Waals surface area contributed by atoms with E-state index < -0.39 is 6.10 Å². The molecule has 3 nitrogen and oxygen atoms in total. The number of fused-ring (bicyclic) bond motifs is 1. The lowest BCUT2D eigenvalue weighted by atomic mass is 10.1. The molecule has 1 atom stereocenters. The average molecular weight is 265 g/mol. The number of aliphatic hydroxyl groups excluding tert-OH is 1. The van der Waals surface area contributed by atoms with Crippen molar-refractivity contribution >= 4 is 23.4 Å². The minimum absolute atomic E-state index is 0.172. The molecule has 1 heterocycles. The third kappa shape index (κ3) is 2.70. The van der Waals surface area contributed by atoms with E-state index in [1.165, 1.54) is 0 Å². The summed E-state index contributed by atoms with van der Waals surface area (Å²) in [7, 11) is 0. The predicted octanol–water partition coefficient (Wildman–Crippen LogP) is 2.83. The van der Waals surface area contributed by atoms with Gasteiger partial charge in [0.05, 0.1) is 17.5 Å². The second kappa shape index (κ2) is 5.33. The molecule has 0 spiro atoms. The van der Waals surface area contributed by atoms with Gasteiger partial charge in [-0.05, 0) is 30.5 Å². The zero-order valence-electron chi connectivity index (χ0n) is 11.0. The van der Waals surface area contributed by atoms with Crippen LogP contribution in [0.3, 0.4) is 0 Å². The maximum atomic E-state index is 12.0. The van der Waals surface area contributed by atoms with E-state index in [0.29, 0.717) is 11.7 Å². The van der Waals surface area contributed by atoms with E-state index in [4.69, 9.17) is 0 Å². The number of thioether (sulfide) groups is 1. The first-order valence-electron chi connectivity index (χ1n) is 6.24. The normalized spacial score (nSPS) is 16.9. The molecule has 0 saturated heterocycles. The third-order valence-electron chi connectivity index (χ3n) is 2.96. The molecule has 1 aliphatic rings. The van der Waals surface area contributed by atoms with E-state index in [-0.39, 0.29) is 5.91 Å². The summed E-state index contributed by atoms with van der Waals surface area (Å²) in [5.74, 6) is 1.11. The highest BCUT2D eigenvalue weighted by molar-refractivity contribution is 8.00. The first-order chi connectivity index (χ1) is 8.49. The largest absolute Gasteiger partial charge is 0.389 e. The fourth-order valence-electron chi connectivity index (χ4n) is 2.05. The average Bonchev–Trinajstić information content (AvgIpc) is 2.31. The van der Waals surface area contributed by atoms with E-state index in [9.17, 15) is 9.90 Å². The number of nitrogens with zero attached hydrogens (tertiary/aromatic N) is 1. The Balaban J connectivity index is 2.35. The number of rotatable bonds is 3. The number of benzene rings is 1. The lowest BCUT2D eigenvalue weighted by molar-refractivity contribution is -0.116. The van der Waals surface area contributed by atoms with Crippen LogP contribution in [0.5, 0.6) is 0 Å². The van der Waals surface area contributed by atoms with Crippen LogP contribution in [0.1, 0.15) is 32.4 Å². The summed E-state index contributed by atoms with van der Waals surface area (Å²) >= 11 is 1.56. The number of aliphatic hydroxyl groups is 1. The van der Waals surface area contributed by atoms with Gasteiger partial charge in [-0.3, -0.25) is 4.79 Å². The first kappa shape index (κ1) is 13.4. The van der Waals surface area contributed by atoms with Crippen molar-refractivity contribution in [3.63, 3.8) is 0 Å². The number of carbonyl (C=O) groups excluding carboxylic acids is 1. The zero-order valence-corrected chi connectivity index (χ0v) is 11.8. The van der Waals surface area contributed by atoms with Gasteiger partial charge in [0.15, 0.2) is 0 Å². The molecule has 1 aromatic carbocycles. The summed E-state index contributed by atoms with van der Waals surface area (Å²) in [6.45, 7) is 6.73. The molecule has 0 saturated carbocycles. The highest BCUT2D eigenvalue weighted by Gasteiger charge is 2.25. The molecule has 0 bridgehead atoms. The van der Waals surface area contributed by atoms with E-state index in [1.807, 2.05) is 23.1 Å². The smallest absolute Gasteiger partial charge is 0.237 e. The summed E-state index contributed by atoms with van der Waals surface area (Å²) in [5, 5.41) is 9.60. The Morgan fingerprint density at radius 1 is 1.39 bits per heavy atom. The van der Waals surface area contributed by atoms with Crippen molar-refractivity contribution in [2.75, 3.05) is 17.2 Å². The van der Waals surface area contributed by atoms with Crippen molar-refractivity contribution in [3.8, 4) is 0 Å². The fraction of sp³-hybridized carbons (Fsp3) is 0.500. The monoisotopic (exact) mass is 265 g/mol. The van der Waals surface area contributed by atoms with Crippen molar-refractivity contribution in [1.29, 1.82) is 0 Å². The van der Waals surface area contributed by atoms with Crippen LogP contribution in [-0.4, -0.2) is 23.3 Å². The molecule has 1 amide bonds. The molecule has 4 heteroatoms. The minimum atomic E-state index is -0.466. The van der Waals surface area contributed by atoms with Crippen molar-refractivity contribution < 1.29 is 9.90 Å². The van der Waals surface area contributed by atoms with Gasteiger partial charge in [0, 0.05) is 11.4 Å². The summed E-state index contributed by atoms with van der Waals surface area (Å²) in [5.41, 5.74) is 1.88. The van der Waals surface area contributed by atoms with Crippen LogP contribution in [0.15, 0.2) is 23.1 Å². The molecule has 0 aromatic heterocycles. The molecular formula is C14H19NO2S. The maximum Gasteiger partial charge on any atom is 0.237 e. The Morgan fingerprint density at radius 2 is 2.11 bits per heavy atom. The molecular weight excluding hydrogens is 246 g/mol. The Hall–Kier alpha value is -1.00. The van der Waals surface area contributed by atoms with Gasteiger partial charge in [0.1, 0.15) is 0 Å². The molecule has 1 N–H and O–H groups in total. The molecule has 98 valence electrons. The highest BCUT2D eigenvalue weighted by atomic mass is 32.2. The van der Waals surface area contributed by atoms with Crippen molar-refractivity contribution in [2.45, 2.75) is 31.8 Å². The van der Waals surface area contributed by atoms with Crippen LogP contribution in [0, 0.1) is 5.92 Å². The molecule has 18 heavy (non-hydrogen) atoms. The van der Waals surface area contributed by atoms with Crippen LogP contribution < -0.4 is 4.90 Å². The second-order valence-electron chi connectivity index (χ2n) is 5.09. The van der Waals surface area contributed by atoms with Gasteiger partial charge in [-0.25, -0.2) is 0 Å². The second-order valence-corrected chi connectivity index (χ2v) is 6.11. The lowest BCUT2D eigenvalue weighted by Crippen LogP contribution is -2.38. The SMILES string of the molecule is CC(C)CN1C(=O)CSc2cc(C(C)O)ccc21. The maximum absolute atomic E-state index is 12.0. The van der Waals surface area contributed by atoms with Gasteiger partial charge in [0.25, 0.3) is 0 Å². The van der Waals surface area contributed by atoms with Gasteiger partial charge in [0.2, 0.25) is 5.91 Å². The molecule has 2 rings (SSSR count). The van der Waals surface area contributed by atoms with Gasteiger partial charge < -0.3 is 10.0 Å². The topological polar surface area (TPSA) is 40.5 Å². The number of amides is 1. The zero-order chi connectivity index (χ0) is 13.3. The summed E-state index contributed by atoms with van der Waals surface area (Å²) < 4.78 is 0. The Kier molecular flexibility index (Phi) is 3.97. The van der Waals surface area contributed by atoms with E-state index >= 15 is 0 Å². The van der Waals surface area contributed by atoms with Gasteiger partial charge >= 0.3 is 0 Å². The Labute approximate surface area is 112 Å². The van der Waals surface area contributed by atoms with E-state index in [2.05, 4.69) is 13.8 Å². The van der Waals surface area contributed by atoms with Gasteiger partial charge in [-0.15, -0.1) is 11.8 Å². The predicted molar refractivity (Wildman–Crippen MR) is 75.0 cm³/mol. The van der Waals surface area contributed by atoms with Crippen LogP contribution in [0.2, 0.25) is 0 Å². The molecule has 0 aliphatic carbocycles. The highest BCUT2D eigenvalue weighted by Crippen LogP contribution is 2.37. The third-order valence-corrected chi connectivity index (χ3v) is 3.99. The first-order valence-corrected chi connectivity index (χ1v) is 7.22. The van der Waals surface area contributed by atoms with Crippen LogP contribution in [0.25, 0.3) is 0 Å². The molecule has 0 fully saturated rings. The van der Waals surface area contributed by atoms with Gasteiger partial charge in [-0.2, -0.15) is 0 Å². The summed E-state index contributed by atoms with van der Waals surface area (Å²) in [6.07, 6.45) is -0.466. The number of hydrogen-bond donors (Lipinski definition) is 1. The van der Waals surface area contributed by atoms with Gasteiger partial charge in [-0.1, -0.05) is 19.9 Å². The van der Waals surface area contributed by atoms with Crippen molar-refractivity contribution in [2.24, 2.45) is 5.92 Å². The standard InChI is InChI=1S/C14H19NO2S/c1-9(2)7-15-12-5-4-11(10(3)16)6-13(12)18-8-14(15)17/h4-6,9-10,16H,7-8H2,1-3H3. The fourth-order valence-corrected chi connectivity index (χ4v) is 3.03. The summed E-state index contributed by atoms with van der Waals surface area (Å²) in [4.78, 5) is 14.9. The van der Waals surface area contributed by atoms with Crippen LogP contribution in [0.4, 0.5) is 5.69 Å². The van der Waals surface area contributed by atoms with E-state index in [1.54, 1.807) is 18.7 Å². The van der Waals surface area contributed by atoms with Crippen LogP contribution >= 0.6 is 11.8 Å². The molecule has 1 aromatic rings. The van der Waals surface area contributed by atoms with Crippen LogP contribution in [-0.2, 0) is 4.79 Å². The minimum Gasteiger partial charge on any atom is -0.389 e. The van der Waals surface area contributed by atoms with E-state index in [0.717, 1.165) is 22.7 Å². The Bertz CT molecular complexity index is 457. The summed E-state index contributed by atoms with van der Waals surface area (Å²) in [6, 6.07) is 5.84. The quantitative estimate of drug-likeness (QED) is 0.913. The molecule has 1 aliphatic heterocycles. The van der Waals surface area contributed by atoms with Crippen molar-refractivity contribution in [1.82, 2.24) is 0 Å². The lowest BCUT2D eigenvalue weighted by Gasteiger charge is -2.30. The number of anilines is 1.